The third-order valence-corrected chi connectivity index (χ3v) is 10.4. The van der Waals surface area contributed by atoms with Crippen LogP contribution in [-0.4, -0.2) is 40.2 Å². The highest BCUT2D eigenvalue weighted by Gasteiger charge is 2.61. The lowest BCUT2D eigenvalue weighted by atomic mass is 9.46. The van der Waals surface area contributed by atoms with Gasteiger partial charge in [-0.15, -0.1) is 0 Å². The van der Waals surface area contributed by atoms with Crippen LogP contribution in [0.4, 0.5) is 0 Å². The van der Waals surface area contributed by atoms with Crippen LogP contribution in [0.15, 0.2) is 0 Å². The molecule has 0 saturated heterocycles. The minimum absolute atomic E-state index is 0.00811. The van der Waals surface area contributed by atoms with Crippen molar-refractivity contribution in [3.8, 4) is 0 Å². The quantitative estimate of drug-likeness (QED) is 0.380. The summed E-state index contributed by atoms with van der Waals surface area (Å²) >= 11 is 3.81. The zero-order valence-corrected chi connectivity index (χ0v) is 21.5. The topological polar surface area (TPSA) is 72.8 Å². The van der Waals surface area contributed by atoms with E-state index in [1.54, 1.807) is 0 Å². The lowest BCUT2D eigenvalue weighted by Gasteiger charge is -2.60. The second-order valence-corrected chi connectivity index (χ2v) is 12.3. The van der Waals surface area contributed by atoms with Crippen molar-refractivity contribution in [2.24, 2.45) is 35.0 Å². The van der Waals surface area contributed by atoms with Crippen LogP contribution in [-0.2, 0) is 19.1 Å². The molecular formula is C26H41BrO5. The predicted molar refractivity (Wildman–Crippen MR) is 126 cm³/mol. The van der Waals surface area contributed by atoms with E-state index in [-0.39, 0.29) is 46.4 Å². The van der Waals surface area contributed by atoms with Gasteiger partial charge in [0.25, 0.3) is 0 Å². The maximum absolute atomic E-state index is 12.2. The van der Waals surface area contributed by atoms with Gasteiger partial charge in [0.2, 0.25) is 0 Å². The summed E-state index contributed by atoms with van der Waals surface area (Å²) in [4.78, 5) is 24.4. The molecule has 4 aliphatic rings. The predicted octanol–water partition coefficient (Wildman–Crippen LogP) is 5.41. The van der Waals surface area contributed by atoms with Crippen LogP contribution in [0, 0.1) is 35.0 Å². The fourth-order valence-corrected chi connectivity index (χ4v) is 8.77. The molecule has 0 aromatic heterocycles. The fourth-order valence-electron chi connectivity index (χ4n) is 7.84. The molecule has 5 nitrogen and oxygen atoms in total. The third kappa shape index (κ3) is 4.52. The molecule has 0 aliphatic heterocycles. The van der Waals surface area contributed by atoms with Gasteiger partial charge >= 0.3 is 11.9 Å². The molecule has 32 heavy (non-hydrogen) atoms. The highest BCUT2D eigenvalue weighted by Crippen LogP contribution is 2.64. The molecule has 0 spiro atoms. The first-order valence-electron chi connectivity index (χ1n) is 13.0. The Kier molecular flexibility index (Phi) is 7.61. The third-order valence-electron chi connectivity index (χ3n) is 9.49. The van der Waals surface area contributed by atoms with Crippen molar-refractivity contribution in [3.05, 3.63) is 0 Å². The Morgan fingerprint density at radius 2 is 1.81 bits per heavy atom. The van der Waals surface area contributed by atoms with E-state index < -0.39 is 0 Å². The molecule has 4 rings (SSSR count). The number of hydrogen-bond acceptors (Lipinski definition) is 5. The Bertz CT molecular complexity index is 698. The maximum atomic E-state index is 12.2. The number of alkyl halides is 1. The number of esters is 2. The van der Waals surface area contributed by atoms with Gasteiger partial charge < -0.3 is 14.6 Å². The van der Waals surface area contributed by atoms with E-state index in [0.29, 0.717) is 36.5 Å². The molecule has 10 atom stereocenters. The van der Waals surface area contributed by atoms with Gasteiger partial charge in [0, 0.05) is 18.8 Å². The number of fused-ring (bicyclic) bond motifs is 5. The summed E-state index contributed by atoms with van der Waals surface area (Å²) in [6.45, 7) is 6.37. The Morgan fingerprint density at radius 3 is 2.53 bits per heavy atom. The first-order chi connectivity index (χ1) is 15.3. The van der Waals surface area contributed by atoms with Crippen molar-refractivity contribution >= 4 is 27.9 Å². The molecule has 6 heteroatoms. The Balaban J connectivity index is 1.45. The fraction of sp³-hybridized carbons (Fsp3) is 0.923. The van der Waals surface area contributed by atoms with E-state index in [4.69, 9.17) is 9.47 Å². The van der Waals surface area contributed by atoms with Crippen LogP contribution in [0.2, 0.25) is 0 Å². The average molecular weight is 514 g/mol. The number of ether oxygens (including phenoxy) is 2. The second kappa shape index (κ2) is 9.93. The largest absolute Gasteiger partial charge is 0.462 e. The monoisotopic (exact) mass is 512 g/mol. The van der Waals surface area contributed by atoms with E-state index in [1.807, 2.05) is 6.92 Å². The van der Waals surface area contributed by atoms with Crippen molar-refractivity contribution < 1.29 is 24.2 Å². The van der Waals surface area contributed by atoms with Crippen LogP contribution < -0.4 is 0 Å². The molecule has 4 aliphatic carbocycles. The highest BCUT2D eigenvalue weighted by atomic mass is 79.9. The molecule has 182 valence electrons. The van der Waals surface area contributed by atoms with Crippen LogP contribution in [0.5, 0.6) is 0 Å². The van der Waals surface area contributed by atoms with Crippen molar-refractivity contribution in [1.82, 2.24) is 0 Å². The van der Waals surface area contributed by atoms with E-state index in [2.05, 4.69) is 29.8 Å². The number of carbonyl (C=O) groups is 2. The van der Waals surface area contributed by atoms with Gasteiger partial charge in [-0.2, -0.15) is 0 Å². The summed E-state index contributed by atoms with van der Waals surface area (Å²) in [5.74, 6) is 1.76. The van der Waals surface area contributed by atoms with Crippen LogP contribution in [0.1, 0.15) is 91.4 Å². The molecule has 0 radical (unpaired) electrons. The van der Waals surface area contributed by atoms with Gasteiger partial charge in [0.15, 0.2) is 0 Å². The van der Waals surface area contributed by atoms with Gasteiger partial charge in [-0.05, 0) is 80.5 Å². The molecule has 0 heterocycles. The molecular weight excluding hydrogens is 472 g/mol. The first-order valence-corrected chi connectivity index (χ1v) is 13.9. The number of halogens is 1. The number of aliphatic hydroxyl groups excluding tert-OH is 1. The molecule has 0 amide bonds. The number of unbranched alkanes of at least 4 members (excludes halogenated alkanes) is 1. The summed E-state index contributed by atoms with van der Waals surface area (Å²) in [5, 5.41) is 11.4. The van der Waals surface area contributed by atoms with E-state index in [0.717, 1.165) is 57.8 Å². The second-order valence-electron chi connectivity index (χ2n) is 11.1. The number of aliphatic hydroxyl groups is 1. The smallest absolute Gasteiger partial charge is 0.306 e. The maximum Gasteiger partial charge on any atom is 0.306 e. The summed E-state index contributed by atoms with van der Waals surface area (Å²) in [5.41, 5.74) is 0.196. The molecule has 0 aromatic carbocycles. The van der Waals surface area contributed by atoms with Gasteiger partial charge in [0.1, 0.15) is 12.2 Å². The van der Waals surface area contributed by atoms with Crippen LogP contribution >= 0.6 is 15.9 Å². The lowest BCUT2D eigenvalue weighted by Crippen LogP contribution is -2.57. The molecule has 0 aromatic rings. The highest BCUT2D eigenvalue weighted by molar-refractivity contribution is 9.09. The molecule has 4 saturated carbocycles. The summed E-state index contributed by atoms with van der Waals surface area (Å²) in [6.07, 6.45) is 9.29. The zero-order chi connectivity index (χ0) is 23.0. The Hall–Kier alpha value is -0.620. The van der Waals surface area contributed by atoms with E-state index in [1.165, 1.54) is 0 Å². The Labute approximate surface area is 201 Å². The van der Waals surface area contributed by atoms with Crippen molar-refractivity contribution in [1.29, 1.82) is 0 Å². The van der Waals surface area contributed by atoms with E-state index in [9.17, 15) is 14.7 Å². The lowest BCUT2D eigenvalue weighted by molar-refractivity contribution is -0.176. The van der Waals surface area contributed by atoms with Gasteiger partial charge in [-0.3, -0.25) is 9.59 Å². The van der Waals surface area contributed by atoms with Gasteiger partial charge in [0.05, 0.1) is 10.9 Å². The summed E-state index contributed by atoms with van der Waals surface area (Å²) < 4.78 is 11.7. The van der Waals surface area contributed by atoms with Crippen LogP contribution in [0.25, 0.3) is 0 Å². The Morgan fingerprint density at radius 1 is 1.03 bits per heavy atom. The minimum atomic E-state index is -0.319. The number of rotatable bonds is 6. The van der Waals surface area contributed by atoms with Gasteiger partial charge in [-0.1, -0.05) is 43.1 Å². The SMILES string of the molecule is CCCCC(=O)O[C@H]1CC[C@@]2(C)C(CC(O)C3C4C[C@@H](Br)[C@H](OC(=O)CC)[C@H]4CCC32)C1. The van der Waals surface area contributed by atoms with Crippen molar-refractivity contribution in [3.63, 3.8) is 0 Å². The summed E-state index contributed by atoms with van der Waals surface area (Å²) in [7, 11) is 0. The normalized spacial score (nSPS) is 45.3. The van der Waals surface area contributed by atoms with Crippen molar-refractivity contribution in [2.45, 2.75) is 115 Å². The van der Waals surface area contributed by atoms with Gasteiger partial charge in [-0.25, -0.2) is 0 Å². The number of hydrogen-bond donors (Lipinski definition) is 1. The molecule has 1 N–H and O–H groups in total. The standard InChI is InChI=1S/C26H41BrO5/c1-4-6-7-23(30)31-16-10-11-26(3)15(12-16)13-21(28)24-18-14-20(27)25(32-22(29)5-2)17(18)8-9-19(24)26/h15-21,24-25,28H,4-14H2,1-3H3/t15?,16-,17-,18?,19?,20+,21?,24?,25+,26-/m0/s1. The molecule has 5 unspecified atom stereocenters. The van der Waals surface area contributed by atoms with Crippen molar-refractivity contribution in [2.75, 3.05) is 0 Å². The summed E-state index contributed by atoms with van der Waals surface area (Å²) in [6, 6.07) is 0. The van der Waals surface area contributed by atoms with E-state index >= 15 is 0 Å². The first kappa shape index (κ1) is 24.5. The van der Waals surface area contributed by atoms with Crippen LogP contribution in [0.3, 0.4) is 0 Å². The minimum Gasteiger partial charge on any atom is -0.462 e. The number of carbonyl (C=O) groups excluding carboxylic acids is 2. The average Bonchev–Trinajstić information content (AvgIpc) is 3.08. The molecule has 0 bridgehead atoms. The molecule has 4 fully saturated rings. The zero-order valence-electron chi connectivity index (χ0n) is 19.9.